The molecule has 4 nitrogen and oxygen atoms in total. The van der Waals surface area contributed by atoms with Crippen LogP contribution in [0.4, 0.5) is 0 Å². The molecule has 0 spiro atoms. The molecule has 0 aromatic heterocycles. The molecule has 1 fully saturated rings. The average Bonchev–Trinajstić information content (AvgIpc) is 2.92. The molecule has 2 rings (SSSR count). The van der Waals surface area contributed by atoms with Crippen LogP contribution in [0.5, 0.6) is 0 Å². The van der Waals surface area contributed by atoms with Crippen LogP contribution in [0.2, 0.25) is 0 Å². The Morgan fingerprint density at radius 2 is 2.09 bits per heavy atom. The molecule has 0 aliphatic carbocycles. The van der Waals surface area contributed by atoms with Gasteiger partial charge in [-0.25, -0.2) is 0 Å². The SMILES string of the molecule is CC(C)C(C)(O)C(=O)NCC1CCCN1Cc1ccccc1. The van der Waals surface area contributed by atoms with Gasteiger partial charge in [0.2, 0.25) is 0 Å². The van der Waals surface area contributed by atoms with Crippen molar-refractivity contribution in [1.29, 1.82) is 0 Å². The molecule has 1 aromatic rings. The Morgan fingerprint density at radius 1 is 1.41 bits per heavy atom. The van der Waals surface area contributed by atoms with E-state index in [0.29, 0.717) is 12.6 Å². The smallest absolute Gasteiger partial charge is 0.251 e. The maximum absolute atomic E-state index is 12.1. The van der Waals surface area contributed by atoms with Crippen LogP contribution in [0.15, 0.2) is 30.3 Å². The first-order valence-corrected chi connectivity index (χ1v) is 8.20. The molecular weight excluding hydrogens is 276 g/mol. The number of carbonyl (C=O) groups excluding carboxylic acids is 1. The summed E-state index contributed by atoms with van der Waals surface area (Å²) in [4.78, 5) is 14.6. The van der Waals surface area contributed by atoms with Crippen molar-refractivity contribution in [2.45, 2.75) is 51.8 Å². The first-order valence-electron chi connectivity index (χ1n) is 8.20. The lowest BCUT2D eigenvalue weighted by Gasteiger charge is -2.29. The molecule has 22 heavy (non-hydrogen) atoms. The van der Waals surface area contributed by atoms with Crippen LogP contribution in [0.3, 0.4) is 0 Å². The maximum atomic E-state index is 12.1. The Hall–Kier alpha value is -1.39. The van der Waals surface area contributed by atoms with Gasteiger partial charge in [0, 0.05) is 19.1 Å². The molecule has 2 atom stereocenters. The van der Waals surface area contributed by atoms with Gasteiger partial charge in [-0.1, -0.05) is 44.2 Å². The van der Waals surface area contributed by atoms with Crippen LogP contribution >= 0.6 is 0 Å². The van der Waals surface area contributed by atoms with Gasteiger partial charge in [0.25, 0.3) is 5.91 Å². The molecule has 1 heterocycles. The number of amides is 1. The van der Waals surface area contributed by atoms with Crippen molar-refractivity contribution in [3.63, 3.8) is 0 Å². The quantitative estimate of drug-likeness (QED) is 0.847. The second-order valence-electron chi connectivity index (χ2n) is 6.76. The molecule has 1 aliphatic rings. The Balaban J connectivity index is 1.88. The van der Waals surface area contributed by atoms with Crippen molar-refractivity contribution in [3.05, 3.63) is 35.9 Å². The zero-order chi connectivity index (χ0) is 16.2. The average molecular weight is 304 g/mol. The predicted octanol–water partition coefficient (Wildman–Crippen LogP) is 2.17. The molecule has 0 radical (unpaired) electrons. The molecule has 2 unspecified atom stereocenters. The predicted molar refractivity (Wildman–Crippen MR) is 88.3 cm³/mol. The van der Waals surface area contributed by atoms with E-state index in [4.69, 9.17) is 0 Å². The van der Waals surface area contributed by atoms with Crippen molar-refractivity contribution in [2.75, 3.05) is 13.1 Å². The van der Waals surface area contributed by atoms with E-state index in [9.17, 15) is 9.90 Å². The fraction of sp³-hybridized carbons (Fsp3) is 0.611. The number of hydrogen-bond donors (Lipinski definition) is 2. The van der Waals surface area contributed by atoms with E-state index >= 15 is 0 Å². The third-order valence-corrected chi connectivity index (χ3v) is 4.81. The molecule has 0 bridgehead atoms. The zero-order valence-electron chi connectivity index (χ0n) is 13.9. The number of likely N-dealkylation sites (tertiary alicyclic amines) is 1. The Morgan fingerprint density at radius 3 is 2.73 bits per heavy atom. The second kappa shape index (κ2) is 7.25. The maximum Gasteiger partial charge on any atom is 0.251 e. The van der Waals surface area contributed by atoms with Gasteiger partial charge in [0.1, 0.15) is 5.60 Å². The van der Waals surface area contributed by atoms with Crippen LogP contribution in [0.25, 0.3) is 0 Å². The summed E-state index contributed by atoms with van der Waals surface area (Å²) in [6, 6.07) is 10.8. The molecule has 2 N–H and O–H groups in total. The minimum Gasteiger partial charge on any atom is -0.380 e. The normalized spacial score (nSPS) is 21.8. The van der Waals surface area contributed by atoms with Gasteiger partial charge in [-0.15, -0.1) is 0 Å². The molecule has 1 saturated heterocycles. The highest BCUT2D eigenvalue weighted by Crippen LogP contribution is 2.20. The van der Waals surface area contributed by atoms with Crippen molar-refractivity contribution in [1.82, 2.24) is 10.2 Å². The van der Waals surface area contributed by atoms with Gasteiger partial charge in [-0.05, 0) is 37.8 Å². The highest BCUT2D eigenvalue weighted by molar-refractivity contribution is 5.84. The topological polar surface area (TPSA) is 52.6 Å². The number of benzene rings is 1. The summed E-state index contributed by atoms with van der Waals surface area (Å²) in [7, 11) is 0. The minimum absolute atomic E-state index is 0.100. The van der Waals surface area contributed by atoms with E-state index in [-0.39, 0.29) is 11.8 Å². The molecule has 0 saturated carbocycles. The third kappa shape index (κ3) is 4.08. The first kappa shape index (κ1) is 17.0. The fourth-order valence-electron chi connectivity index (χ4n) is 2.80. The number of carbonyl (C=O) groups is 1. The summed E-state index contributed by atoms with van der Waals surface area (Å²) in [6.07, 6.45) is 2.25. The molecule has 4 heteroatoms. The highest BCUT2D eigenvalue weighted by Gasteiger charge is 2.34. The lowest BCUT2D eigenvalue weighted by Crippen LogP contribution is -2.51. The summed E-state index contributed by atoms with van der Waals surface area (Å²) in [6.45, 7) is 7.89. The van der Waals surface area contributed by atoms with E-state index in [1.807, 2.05) is 19.9 Å². The Bertz CT molecular complexity index is 485. The number of nitrogens with one attached hydrogen (secondary N) is 1. The fourth-order valence-corrected chi connectivity index (χ4v) is 2.80. The highest BCUT2D eigenvalue weighted by atomic mass is 16.3. The standard InChI is InChI=1S/C18H28N2O2/c1-14(2)18(3,22)17(21)19-12-16-10-7-11-20(16)13-15-8-5-4-6-9-15/h4-6,8-9,14,16,22H,7,10-13H2,1-3H3,(H,19,21). The van der Waals surface area contributed by atoms with Crippen molar-refractivity contribution >= 4 is 5.91 Å². The Labute approximate surface area is 133 Å². The summed E-state index contributed by atoms with van der Waals surface area (Å²) in [5, 5.41) is 13.1. The van der Waals surface area contributed by atoms with E-state index in [2.05, 4.69) is 34.5 Å². The van der Waals surface area contributed by atoms with E-state index in [1.165, 1.54) is 5.56 Å². The van der Waals surface area contributed by atoms with Crippen molar-refractivity contribution in [2.24, 2.45) is 5.92 Å². The van der Waals surface area contributed by atoms with E-state index < -0.39 is 5.60 Å². The summed E-state index contributed by atoms with van der Waals surface area (Å²) in [5.74, 6) is -0.370. The van der Waals surface area contributed by atoms with Gasteiger partial charge >= 0.3 is 0 Å². The van der Waals surface area contributed by atoms with Crippen LogP contribution in [-0.4, -0.2) is 40.6 Å². The monoisotopic (exact) mass is 304 g/mol. The number of nitrogens with zero attached hydrogens (tertiary/aromatic N) is 1. The van der Waals surface area contributed by atoms with Gasteiger partial charge in [-0.2, -0.15) is 0 Å². The lowest BCUT2D eigenvalue weighted by molar-refractivity contribution is -0.142. The molecule has 1 aliphatic heterocycles. The molecule has 1 amide bonds. The van der Waals surface area contributed by atoms with Gasteiger partial charge in [-0.3, -0.25) is 9.69 Å². The van der Waals surface area contributed by atoms with Crippen LogP contribution in [0.1, 0.15) is 39.2 Å². The minimum atomic E-state index is -1.30. The number of hydrogen-bond acceptors (Lipinski definition) is 3. The summed E-state index contributed by atoms with van der Waals surface area (Å²) < 4.78 is 0. The van der Waals surface area contributed by atoms with E-state index in [1.54, 1.807) is 6.92 Å². The lowest BCUT2D eigenvalue weighted by atomic mass is 9.91. The summed E-state index contributed by atoms with van der Waals surface area (Å²) >= 11 is 0. The molecular formula is C18H28N2O2. The number of rotatable bonds is 6. The van der Waals surface area contributed by atoms with Crippen LogP contribution in [-0.2, 0) is 11.3 Å². The van der Waals surface area contributed by atoms with Gasteiger partial charge in [0.05, 0.1) is 0 Å². The summed E-state index contributed by atoms with van der Waals surface area (Å²) in [5.41, 5.74) is -0.00188. The first-order chi connectivity index (χ1) is 10.4. The van der Waals surface area contributed by atoms with E-state index in [0.717, 1.165) is 25.9 Å². The van der Waals surface area contributed by atoms with Crippen LogP contribution in [0, 0.1) is 5.92 Å². The van der Waals surface area contributed by atoms with Gasteiger partial charge in [0.15, 0.2) is 0 Å². The molecule has 122 valence electrons. The van der Waals surface area contributed by atoms with Crippen molar-refractivity contribution in [3.8, 4) is 0 Å². The van der Waals surface area contributed by atoms with Crippen molar-refractivity contribution < 1.29 is 9.90 Å². The number of aliphatic hydroxyl groups is 1. The van der Waals surface area contributed by atoms with Crippen LogP contribution < -0.4 is 5.32 Å². The largest absolute Gasteiger partial charge is 0.380 e. The second-order valence-corrected chi connectivity index (χ2v) is 6.76. The third-order valence-electron chi connectivity index (χ3n) is 4.81. The molecule has 1 aromatic carbocycles. The van der Waals surface area contributed by atoms with Gasteiger partial charge < -0.3 is 10.4 Å². The Kier molecular flexibility index (Phi) is 5.59. The zero-order valence-corrected chi connectivity index (χ0v) is 13.9.